The Bertz CT molecular complexity index is 3260. The van der Waals surface area contributed by atoms with Crippen LogP contribution in [0.4, 0.5) is 0 Å². The Kier molecular flexibility index (Phi) is 10.9. The number of hydrogen-bond acceptors (Lipinski definition) is 13. The minimum Gasteiger partial charge on any atom is -0.477 e. The molecule has 2 saturated heterocycles. The van der Waals surface area contributed by atoms with Gasteiger partial charge in [0.1, 0.15) is 6.07 Å². The highest BCUT2D eigenvalue weighted by Crippen LogP contribution is 2.37. The predicted molar refractivity (Wildman–Crippen MR) is 240 cm³/mol. The summed E-state index contributed by atoms with van der Waals surface area (Å²) < 4.78 is 30.2. The highest BCUT2D eigenvalue weighted by atomic mass is 35.5. The Labute approximate surface area is 376 Å². The summed E-state index contributed by atoms with van der Waals surface area (Å²) in [7, 11) is 0. The molecule has 2 aliphatic carbocycles. The van der Waals surface area contributed by atoms with Gasteiger partial charge in [-0.05, 0) is 74.9 Å². The lowest BCUT2D eigenvalue weighted by Crippen LogP contribution is -2.25. The number of nitriles is 1. The summed E-state index contributed by atoms with van der Waals surface area (Å²) in [6, 6.07) is 17.4. The molecule has 0 spiro atoms. The molecular formula is C47H44ClN11O6. The number of halogens is 1. The molecule has 0 radical (unpaired) electrons. The molecule has 2 unspecified atom stereocenters. The maximum absolute atomic E-state index is 13.3. The highest BCUT2D eigenvalue weighted by Gasteiger charge is 2.31. The predicted octanol–water partition coefficient (Wildman–Crippen LogP) is 6.40. The van der Waals surface area contributed by atoms with Crippen molar-refractivity contribution >= 4 is 55.5 Å². The first kappa shape index (κ1) is 41.0. The Morgan fingerprint density at radius 3 is 1.65 bits per heavy atom. The van der Waals surface area contributed by atoms with Gasteiger partial charge in [0.15, 0.2) is 11.6 Å². The summed E-state index contributed by atoms with van der Waals surface area (Å²) in [6.07, 6.45) is 12.8. The van der Waals surface area contributed by atoms with Crippen LogP contribution in [0.15, 0.2) is 82.9 Å². The van der Waals surface area contributed by atoms with Crippen LogP contribution in [0.5, 0.6) is 11.8 Å². The Hall–Kier alpha value is -6.74. The van der Waals surface area contributed by atoms with Gasteiger partial charge in [-0.1, -0.05) is 23.7 Å². The first-order valence-corrected chi connectivity index (χ1v) is 22.4. The normalized spacial score (nSPS) is 18.3. The molecule has 18 heteroatoms. The van der Waals surface area contributed by atoms with Crippen molar-refractivity contribution in [3.8, 4) is 17.8 Å². The van der Waals surface area contributed by atoms with E-state index in [-0.39, 0.29) is 36.6 Å². The molecule has 0 amide bonds. The lowest BCUT2D eigenvalue weighted by Gasteiger charge is -2.13. The third-order valence-electron chi connectivity index (χ3n) is 12.5. The summed E-state index contributed by atoms with van der Waals surface area (Å²) >= 11 is 6.46. The van der Waals surface area contributed by atoms with E-state index in [0.29, 0.717) is 88.7 Å². The molecule has 4 fully saturated rings. The number of hydrogen-bond donors (Lipinski definition) is 0. The fraction of sp³-hybridized carbons (Fsp3) is 0.383. The van der Waals surface area contributed by atoms with Crippen LogP contribution in [0.3, 0.4) is 0 Å². The molecule has 0 N–H and O–H groups in total. The van der Waals surface area contributed by atoms with Gasteiger partial charge in [0.2, 0.25) is 11.8 Å². The number of imidazole rings is 2. The average molecular weight is 894 g/mol. The quantitative estimate of drug-likeness (QED) is 0.131. The van der Waals surface area contributed by atoms with E-state index in [0.717, 1.165) is 79.2 Å². The van der Waals surface area contributed by atoms with Crippen molar-refractivity contribution in [3.05, 3.63) is 117 Å². The maximum Gasteiger partial charge on any atom is 0.329 e. The molecule has 2 saturated carbocycles. The third-order valence-corrected chi connectivity index (χ3v) is 12.8. The van der Waals surface area contributed by atoms with Gasteiger partial charge >= 0.3 is 11.4 Å². The van der Waals surface area contributed by atoms with Crippen LogP contribution in [-0.2, 0) is 22.6 Å². The molecule has 8 heterocycles. The smallest absolute Gasteiger partial charge is 0.329 e. The number of aromatic nitrogens is 10. The molecule has 330 valence electrons. The summed E-state index contributed by atoms with van der Waals surface area (Å²) in [5.74, 6) is 2.45. The lowest BCUT2D eigenvalue weighted by atomic mass is 10.1. The van der Waals surface area contributed by atoms with Crippen LogP contribution in [0.1, 0.15) is 67.8 Å². The van der Waals surface area contributed by atoms with Crippen molar-refractivity contribution in [1.82, 2.24) is 48.2 Å². The molecule has 4 aliphatic rings. The van der Waals surface area contributed by atoms with E-state index in [1.165, 1.54) is 0 Å². The topological polar surface area (TPSA) is 192 Å². The largest absolute Gasteiger partial charge is 0.477 e. The van der Waals surface area contributed by atoms with E-state index < -0.39 is 0 Å². The lowest BCUT2D eigenvalue weighted by molar-refractivity contribution is 0.166. The minimum atomic E-state index is -0.0941. The van der Waals surface area contributed by atoms with E-state index in [9.17, 15) is 14.9 Å². The summed E-state index contributed by atoms with van der Waals surface area (Å²) in [5, 5.41) is 11.6. The zero-order chi connectivity index (χ0) is 44.0. The number of pyridine rings is 2. The molecule has 2 atom stereocenters. The van der Waals surface area contributed by atoms with E-state index in [1.807, 2.05) is 39.5 Å². The average Bonchev–Trinajstić information content (AvgIpc) is 4.17. The molecule has 2 aromatic carbocycles. The van der Waals surface area contributed by atoms with Crippen molar-refractivity contribution in [2.75, 3.05) is 39.6 Å². The van der Waals surface area contributed by atoms with Crippen molar-refractivity contribution in [2.24, 2.45) is 11.8 Å². The molecule has 65 heavy (non-hydrogen) atoms. The van der Waals surface area contributed by atoms with E-state index in [2.05, 4.69) is 26.0 Å². The van der Waals surface area contributed by atoms with E-state index in [4.69, 9.17) is 40.5 Å². The Morgan fingerprint density at radius 2 is 1.15 bits per heavy atom. The first-order valence-electron chi connectivity index (χ1n) is 22.1. The van der Waals surface area contributed by atoms with Crippen LogP contribution in [0, 0.1) is 23.2 Å². The number of benzene rings is 2. The molecule has 8 aromatic rings. The van der Waals surface area contributed by atoms with Gasteiger partial charge in [-0.2, -0.15) is 15.2 Å². The van der Waals surface area contributed by atoms with E-state index >= 15 is 0 Å². The number of nitrogens with zero attached hydrogens (tertiary/aromatic N) is 11. The minimum absolute atomic E-state index is 0.0658. The summed E-state index contributed by atoms with van der Waals surface area (Å²) in [5.41, 5.74) is 4.72. The van der Waals surface area contributed by atoms with Gasteiger partial charge < -0.3 is 18.9 Å². The first-order chi connectivity index (χ1) is 31.9. The monoisotopic (exact) mass is 893 g/mol. The molecular weight excluding hydrogens is 850 g/mol. The summed E-state index contributed by atoms with van der Waals surface area (Å²) in [4.78, 5) is 53.7. The molecule has 2 aliphatic heterocycles. The van der Waals surface area contributed by atoms with Crippen LogP contribution in [0.2, 0.25) is 5.02 Å². The number of fused-ring (bicyclic) bond motifs is 4. The molecule has 0 bridgehead atoms. The van der Waals surface area contributed by atoms with Gasteiger partial charge in [-0.25, -0.2) is 19.6 Å². The van der Waals surface area contributed by atoms with Gasteiger partial charge in [-0.3, -0.25) is 28.2 Å². The van der Waals surface area contributed by atoms with Crippen LogP contribution in [-0.4, -0.2) is 87.8 Å². The number of ether oxygens (including phenoxy) is 4. The van der Waals surface area contributed by atoms with Crippen LogP contribution >= 0.6 is 11.6 Å². The second-order valence-electron chi connectivity index (χ2n) is 17.1. The van der Waals surface area contributed by atoms with Gasteiger partial charge in [0.25, 0.3) is 0 Å². The molecule has 6 aromatic heterocycles. The maximum atomic E-state index is 13.3. The fourth-order valence-corrected chi connectivity index (χ4v) is 9.01. The third kappa shape index (κ3) is 8.06. The van der Waals surface area contributed by atoms with Gasteiger partial charge in [-0.15, -0.1) is 0 Å². The second kappa shape index (κ2) is 17.3. The Morgan fingerprint density at radius 1 is 0.646 bits per heavy atom. The SMILES string of the molecule is N#Cc1cccc2c(OCC3CCOC3)nc(Cn3c(=O)n(C4CC4)c4ccncc43)nc12.O=c1n(Cc2nc(OCC3CCOC3)c3cccc(Cl)c3n2)c2cnccc2n1C1CC1. The second-order valence-corrected chi connectivity index (χ2v) is 17.5. The molecule has 12 rings (SSSR count). The van der Waals surface area contributed by atoms with Crippen LogP contribution in [0.25, 0.3) is 43.9 Å². The standard InChI is InChI=1S/C24H22N6O3.C23H22ClN5O3/c25-10-16-2-1-3-18-22(16)27-21(28-23(18)33-14-15-7-9-32-13-15)12-29-20-11-26-8-6-19(20)30(24(29)31)17-4-5-17;24-17-3-1-2-16-21(17)26-20(27-22(16)32-13-14-7-9-31-12-14)11-28-19-10-25-8-6-18(19)29(23(28)30)15-4-5-15/h1-3,6,8,11,15,17H,4-5,7,9,12-14H2;1-3,6,8,10,14-15H,4-5,7,9,11-13H2. The fourth-order valence-electron chi connectivity index (χ4n) is 8.79. The number of para-hydroxylation sites is 2. The van der Waals surface area contributed by atoms with Gasteiger partial charge in [0, 0.05) is 49.5 Å². The zero-order valence-corrected chi connectivity index (χ0v) is 36.1. The van der Waals surface area contributed by atoms with Crippen LogP contribution < -0.4 is 20.9 Å². The van der Waals surface area contributed by atoms with Gasteiger partial charge in [0.05, 0.1) is 106 Å². The van der Waals surface area contributed by atoms with E-state index in [1.54, 1.807) is 52.1 Å². The Balaban J connectivity index is 0.000000144. The van der Waals surface area contributed by atoms with Crippen molar-refractivity contribution < 1.29 is 18.9 Å². The zero-order valence-electron chi connectivity index (χ0n) is 35.4. The highest BCUT2D eigenvalue weighted by molar-refractivity contribution is 6.35. The van der Waals surface area contributed by atoms with Crippen molar-refractivity contribution in [2.45, 2.75) is 63.7 Å². The number of rotatable bonds is 12. The van der Waals surface area contributed by atoms with Crippen molar-refractivity contribution in [3.63, 3.8) is 0 Å². The molecule has 17 nitrogen and oxygen atoms in total. The van der Waals surface area contributed by atoms with Crippen molar-refractivity contribution in [1.29, 1.82) is 5.26 Å². The summed E-state index contributed by atoms with van der Waals surface area (Å²) in [6.45, 7) is 4.24.